The summed E-state index contributed by atoms with van der Waals surface area (Å²) in [6.07, 6.45) is 11.5. The smallest absolute Gasteiger partial charge is 0.253 e. The van der Waals surface area contributed by atoms with Crippen molar-refractivity contribution in [2.75, 3.05) is 0 Å². The number of aldehydes is 1. The van der Waals surface area contributed by atoms with Gasteiger partial charge in [0.15, 0.2) is 0 Å². The van der Waals surface area contributed by atoms with E-state index in [0.29, 0.717) is 12.0 Å². The molecule has 0 aliphatic heterocycles. The van der Waals surface area contributed by atoms with Gasteiger partial charge >= 0.3 is 0 Å². The summed E-state index contributed by atoms with van der Waals surface area (Å²) in [7, 11) is 0. The molecule has 0 fully saturated rings. The molecular formula is C17H16F2OS. The first kappa shape index (κ1) is 14.4. The molecule has 0 spiro atoms. The molecule has 2 aliphatic rings. The van der Waals surface area contributed by atoms with Gasteiger partial charge < -0.3 is 0 Å². The summed E-state index contributed by atoms with van der Waals surface area (Å²) >= 11 is 1.46. The molecule has 2 aliphatic carbocycles. The van der Waals surface area contributed by atoms with Crippen LogP contribution in [0.4, 0.5) is 8.78 Å². The fraction of sp³-hybridized carbons (Fsp3) is 0.353. The Morgan fingerprint density at radius 2 is 2.05 bits per heavy atom. The van der Waals surface area contributed by atoms with E-state index in [2.05, 4.69) is 0 Å². The third-order valence-electron chi connectivity index (χ3n) is 4.00. The van der Waals surface area contributed by atoms with E-state index in [1.807, 2.05) is 30.4 Å². The highest BCUT2D eigenvalue weighted by Crippen LogP contribution is 2.46. The molecule has 0 saturated carbocycles. The van der Waals surface area contributed by atoms with E-state index in [4.69, 9.17) is 0 Å². The van der Waals surface area contributed by atoms with E-state index < -0.39 is 11.8 Å². The van der Waals surface area contributed by atoms with Crippen LogP contribution in [0, 0.1) is 0 Å². The van der Waals surface area contributed by atoms with E-state index in [0.717, 1.165) is 34.9 Å². The number of thiophene rings is 1. The number of carbonyl (C=O) groups excluding carboxylic acids is 1. The van der Waals surface area contributed by atoms with Gasteiger partial charge in [0.2, 0.25) is 0 Å². The first-order valence-corrected chi connectivity index (χ1v) is 7.82. The number of alkyl halides is 2. The Bertz CT molecular complexity index is 646. The second-order valence-corrected chi connectivity index (χ2v) is 6.76. The summed E-state index contributed by atoms with van der Waals surface area (Å²) in [6.45, 7) is 0.994. The minimum absolute atomic E-state index is 0.116. The zero-order valence-electron chi connectivity index (χ0n) is 11.7. The lowest BCUT2D eigenvalue weighted by Crippen LogP contribution is -2.22. The molecule has 110 valence electrons. The van der Waals surface area contributed by atoms with Crippen molar-refractivity contribution in [3.8, 4) is 0 Å². The Labute approximate surface area is 126 Å². The maximum atomic E-state index is 13.8. The van der Waals surface area contributed by atoms with Gasteiger partial charge in [0.05, 0.1) is 5.92 Å². The van der Waals surface area contributed by atoms with Gasteiger partial charge in [0, 0.05) is 21.2 Å². The molecule has 0 aromatic carbocycles. The van der Waals surface area contributed by atoms with Crippen molar-refractivity contribution < 1.29 is 13.6 Å². The number of halogens is 2. The molecule has 1 aromatic rings. The van der Waals surface area contributed by atoms with E-state index in [-0.39, 0.29) is 5.92 Å². The lowest BCUT2D eigenvalue weighted by Gasteiger charge is -2.24. The summed E-state index contributed by atoms with van der Waals surface area (Å²) in [5.41, 5.74) is 1.56. The average molecular weight is 306 g/mol. The Kier molecular flexibility index (Phi) is 3.66. The van der Waals surface area contributed by atoms with Crippen LogP contribution >= 0.6 is 11.3 Å². The van der Waals surface area contributed by atoms with Crippen LogP contribution in [-0.4, -0.2) is 12.2 Å². The summed E-state index contributed by atoms with van der Waals surface area (Å²) in [6, 6.07) is 2.00. The van der Waals surface area contributed by atoms with Gasteiger partial charge in [-0.2, -0.15) is 0 Å². The molecular weight excluding hydrogens is 290 g/mol. The van der Waals surface area contributed by atoms with Crippen LogP contribution in [0.25, 0.3) is 6.08 Å². The van der Waals surface area contributed by atoms with E-state index in [1.165, 1.54) is 11.3 Å². The number of hydrogen-bond donors (Lipinski definition) is 0. The van der Waals surface area contributed by atoms with Crippen LogP contribution in [-0.2, 0) is 4.79 Å². The molecule has 1 aromatic heterocycles. The SMILES string of the molecule is CC(F)(F)C1CC=Cc2cc(C3C=C(C=O)C=CC3)sc21. The predicted molar refractivity (Wildman–Crippen MR) is 82.0 cm³/mol. The first-order valence-electron chi connectivity index (χ1n) is 7.00. The number of allylic oxidation sites excluding steroid dienone is 5. The standard InChI is InChI=1S/C17H16F2OS/c1-17(18,19)14-7-3-6-13-9-15(21-16(13)14)12-5-2-4-11(8-12)10-20/h2-4,6,8-10,12,14H,5,7H2,1H3. The molecule has 2 atom stereocenters. The number of carbonyl (C=O) groups is 1. The Morgan fingerprint density at radius 1 is 1.29 bits per heavy atom. The Morgan fingerprint density at radius 3 is 2.76 bits per heavy atom. The highest BCUT2D eigenvalue weighted by atomic mass is 32.1. The van der Waals surface area contributed by atoms with Crippen molar-refractivity contribution in [3.05, 3.63) is 51.3 Å². The third-order valence-corrected chi connectivity index (χ3v) is 5.40. The van der Waals surface area contributed by atoms with E-state index in [1.54, 1.807) is 6.08 Å². The lowest BCUT2D eigenvalue weighted by molar-refractivity contribution is -0.104. The quantitative estimate of drug-likeness (QED) is 0.712. The zero-order valence-corrected chi connectivity index (χ0v) is 12.5. The zero-order chi connectivity index (χ0) is 15.0. The number of rotatable bonds is 3. The third kappa shape index (κ3) is 2.77. The van der Waals surface area contributed by atoms with Crippen LogP contribution < -0.4 is 0 Å². The van der Waals surface area contributed by atoms with Crippen molar-refractivity contribution in [2.45, 2.75) is 37.5 Å². The lowest BCUT2D eigenvalue weighted by atomic mass is 9.89. The molecule has 1 heterocycles. The summed E-state index contributed by atoms with van der Waals surface area (Å²) < 4.78 is 27.5. The minimum Gasteiger partial charge on any atom is -0.298 e. The van der Waals surface area contributed by atoms with Gasteiger partial charge in [-0.05, 0) is 31.4 Å². The van der Waals surface area contributed by atoms with Crippen molar-refractivity contribution in [1.82, 2.24) is 0 Å². The summed E-state index contributed by atoms with van der Waals surface area (Å²) in [5, 5.41) is 0. The molecule has 21 heavy (non-hydrogen) atoms. The molecule has 3 rings (SSSR count). The molecule has 0 amide bonds. The maximum absolute atomic E-state index is 13.8. The Hall–Kier alpha value is -1.55. The van der Waals surface area contributed by atoms with Crippen molar-refractivity contribution >= 4 is 23.7 Å². The largest absolute Gasteiger partial charge is 0.298 e. The molecule has 0 radical (unpaired) electrons. The van der Waals surface area contributed by atoms with Crippen LogP contribution in [0.5, 0.6) is 0 Å². The topological polar surface area (TPSA) is 17.1 Å². The number of hydrogen-bond acceptors (Lipinski definition) is 2. The molecule has 1 nitrogen and oxygen atoms in total. The first-order chi connectivity index (χ1) is 9.99. The summed E-state index contributed by atoms with van der Waals surface area (Å²) in [5.74, 6) is -3.33. The van der Waals surface area contributed by atoms with Crippen LogP contribution in [0.2, 0.25) is 0 Å². The van der Waals surface area contributed by atoms with E-state index >= 15 is 0 Å². The van der Waals surface area contributed by atoms with E-state index in [9.17, 15) is 13.6 Å². The van der Waals surface area contributed by atoms with Gasteiger partial charge in [-0.3, -0.25) is 4.79 Å². The Balaban J connectivity index is 1.96. The highest BCUT2D eigenvalue weighted by Gasteiger charge is 2.38. The van der Waals surface area contributed by atoms with Gasteiger partial charge in [-0.1, -0.05) is 30.4 Å². The van der Waals surface area contributed by atoms with Crippen molar-refractivity contribution in [3.63, 3.8) is 0 Å². The fourth-order valence-electron chi connectivity index (χ4n) is 2.88. The van der Waals surface area contributed by atoms with Crippen molar-refractivity contribution in [2.24, 2.45) is 0 Å². The van der Waals surface area contributed by atoms with Crippen LogP contribution in [0.15, 0.2) is 35.9 Å². The molecule has 4 heteroatoms. The minimum atomic E-state index is -2.71. The molecule has 2 unspecified atom stereocenters. The van der Waals surface area contributed by atoms with Gasteiger partial charge in [-0.25, -0.2) is 8.78 Å². The molecule has 0 saturated heterocycles. The normalized spacial score (nSPS) is 24.6. The second kappa shape index (κ2) is 5.34. The molecule has 0 N–H and O–H groups in total. The van der Waals surface area contributed by atoms with Gasteiger partial charge in [0.1, 0.15) is 6.29 Å². The fourth-order valence-corrected chi connectivity index (χ4v) is 4.33. The number of fused-ring (bicyclic) bond motifs is 1. The van der Waals surface area contributed by atoms with Crippen LogP contribution in [0.3, 0.4) is 0 Å². The second-order valence-electron chi connectivity index (χ2n) is 5.64. The van der Waals surface area contributed by atoms with Crippen LogP contribution in [0.1, 0.15) is 46.9 Å². The monoisotopic (exact) mass is 306 g/mol. The highest BCUT2D eigenvalue weighted by molar-refractivity contribution is 7.12. The average Bonchev–Trinajstić information content (AvgIpc) is 2.90. The maximum Gasteiger partial charge on any atom is 0.253 e. The predicted octanol–water partition coefficient (Wildman–Crippen LogP) is 5.07. The molecule has 0 bridgehead atoms. The van der Waals surface area contributed by atoms with Crippen molar-refractivity contribution in [1.29, 1.82) is 0 Å². The van der Waals surface area contributed by atoms with Gasteiger partial charge in [0.25, 0.3) is 5.92 Å². The van der Waals surface area contributed by atoms with Gasteiger partial charge in [-0.15, -0.1) is 11.3 Å². The summed E-state index contributed by atoms with van der Waals surface area (Å²) in [4.78, 5) is 12.7.